The molecule has 1 aromatic heterocycles. The van der Waals surface area contributed by atoms with Crippen LogP contribution < -0.4 is 21.9 Å². The number of pyridine rings is 1. The zero-order valence-corrected chi connectivity index (χ0v) is 15.4. The molecule has 156 valence electrons. The average molecular weight is 420 g/mol. The second-order valence-corrected chi connectivity index (χ2v) is 7.26. The molecule has 4 N–H and O–H groups in total. The minimum Gasteiger partial charge on any atom is -0.394 e. The highest BCUT2D eigenvalue weighted by atomic mass is 19.4. The highest BCUT2D eigenvalue weighted by Crippen LogP contribution is 2.45. The molecule has 1 atom stereocenters. The zero-order valence-electron chi connectivity index (χ0n) is 15.4. The summed E-state index contributed by atoms with van der Waals surface area (Å²) in [5.74, 6) is 3.54. The summed E-state index contributed by atoms with van der Waals surface area (Å²) in [6.45, 7) is -0.279. The molecule has 1 fully saturated rings. The van der Waals surface area contributed by atoms with Crippen molar-refractivity contribution in [1.82, 2.24) is 9.88 Å². The van der Waals surface area contributed by atoms with E-state index in [4.69, 9.17) is 5.73 Å². The average Bonchev–Trinajstić information content (AvgIpc) is 3.48. The van der Waals surface area contributed by atoms with Crippen LogP contribution in [0.5, 0.6) is 0 Å². The second-order valence-electron chi connectivity index (χ2n) is 7.26. The summed E-state index contributed by atoms with van der Waals surface area (Å²) in [6, 6.07) is 3.54. The number of benzene rings is 1. The van der Waals surface area contributed by atoms with Gasteiger partial charge in [0.2, 0.25) is 5.54 Å². The van der Waals surface area contributed by atoms with Gasteiger partial charge in [-0.3, -0.25) is 4.79 Å². The number of nitrogens with zero attached hydrogens (tertiary/aromatic N) is 1. The van der Waals surface area contributed by atoms with Crippen molar-refractivity contribution in [3.63, 3.8) is 0 Å². The molecule has 1 aliphatic carbocycles. The van der Waals surface area contributed by atoms with Crippen LogP contribution in [0, 0.1) is 23.6 Å². The Kier molecular flexibility index (Phi) is 4.49. The van der Waals surface area contributed by atoms with E-state index in [0.29, 0.717) is 18.9 Å². The van der Waals surface area contributed by atoms with Crippen LogP contribution in [0.2, 0.25) is 0 Å². The van der Waals surface area contributed by atoms with Crippen molar-refractivity contribution in [2.24, 2.45) is 5.92 Å². The van der Waals surface area contributed by atoms with E-state index in [-0.39, 0.29) is 29.4 Å². The summed E-state index contributed by atoms with van der Waals surface area (Å²) in [5.41, 5.74) is 1.05. The van der Waals surface area contributed by atoms with Crippen LogP contribution in [0.3, 0.4) is 0 Å². The fourth-order valence-corrected chi connectivity index (χ4v) is 3.24. The molecule has 0 saturated heterocycles. The molecule has 1 aromatic carbocycles. The fraction of sp³-hybridized carbons (Fsp3) is 0.300. The Hall–Kier alpha value is -3.48. The molecule has 30 heavy (non-hydrogen) atoms. The molecule has 2 heterocycles. The molecule has 0 bridgehead atoms. The number of aromatic nitrogens is 1. The maximum Gasteiger partial charge on any atom is 0.427 e. The van der Waals surface area contributed by atoms with Gasteiger partial charge in [0.15, 0.2) is 0 Å². The van der Waals surface area contributed by atoms with E-state index in [1.807, 2.05) is 5.32 Å². The molecule has 0 spiro atoms. The molecule has 0 radical (unpaired) electrons. The van der Waals surface area contributed by atoms with E-state index in [0.717, 1.165) is 10.6 Å². The molecular formula is C20H16F4N4O2. The summed E-state index contributed by atoms with van der Waals surface area (Å²) < 4.78 is 58.2. The highest BCUT2D eigenvalue weighted by molar-refractivity contribution is 5.95. The first-order valence-corrected chi connectivity index (χ1v) is 9.07. The summed E-state index contributed by atoms with van der Waals surface area (Å²) in [4.78, 5) is 24.1. The number of hydrogen-bond donors (Lipinski definition) is 3. The topological polar surface area (TPSA) is 89.2 Å². The monoisotopic (exact) mass is 420 g/mol. The van der Waals surface area contributed by atoms with E-state index < -0.39 is 34.7 Å². The third-order valence-electron chi connectivity index (χ3n) is 5.00. The molecule has 1 saturated carbocycles. The van der Waals surface area contributed by atoms with Gasteiger partial charge in [-0.25, -0.2) is 9.18 Å². The SMILES string of the molecule is Nc1cccn(Cc2cc3c(cc2F)C(C#CC2CC2)(C(F)(F)F)NC(=O)N3)c1=O. The van der Waals surface area contributed by atoms with Gasteiger partial charge in [-0.1, -0.05) is 11.8 Å². The molecule has 10 heteroatoms. The van der Waals surface area contributed by atoms with Crippen molar-refractivity contribution in [2.75, 3.05) is 11.1 Å². The van der Waals surface area contributed by atoms with Crippen molar-refractivity contribution >= 4 is 17.4 Å². The standard InChI is InChI=1S/C20H16F4N4O2/c21-14-9-13-16(8-12(14)10-28-7-1-2-15(25)17(28)29)26-18(30)27-19(13,20(22,23)24)6-5-11-3-4-11/h1-2,7-9,11H,3-4,10,25H2,(H2,26,27,30). The van der Waals surface area contributed by atoms with E-state index in [9.17, 15) is 27.2 Å². The van der Waals surface area contributed by atoms with Gasteiger partial charge in [-0.05, 0) is 37.1 Å². The number of anilines is 2. The number of alkyl halides is 3. The molecular weight excluding hydrogens is 404 g/mol. The Morgan fingerprint density at radius 1 is 1.27 bits per heavy atom. The van der Waals surface area contributed by atoms with Gasteiger partial charge in [-0.2, -0.15) is 13.2 Å². The highest BCUT2D eigenvalue weighted by Gasteiger charge is 2.59. The lowest BCUT2D eigenvalue weighted by molar-refractivity contribution is -0.178. The fourth-order valence-electron chi connectivity index (χ4n) is 3.24. The number of nitrogens with one attached hydrogen (secondary N) is 2. The van der Waals surface area contributed by atoms with Gasteiger partial charge in [-0.15, -0.1) is 0 Å². The molecule has 1 unspecified atom stereocenters. The number of amides is 2. The Balaban J connectivity index is 1.84. The van der Waals surface area contributed by atoms with Crippen LogP contribution in [0.4, 0.5) is 33.7 Å². The number of nitrogen functional groups attached to an aromatic ring is 1. The predicted molar refractivity (Wildman–Crippen MR) is 101 cm³/mol. The van der Waals surface area contributed by atoms with E-state index in [2.05, 4.69) is 17.2 Å². The molecule has 2 aromatic rings. The van der Waals surface area contributed by atoms with Crippen LogP contribution in [0.25, 0.3) is 0 Å². The maximum absolute atomic E-state index is 14.8. The minimum atomic E-state index is -4.99. The Morgan fingerprint density at radius 3 is 2.67 bits per heavy atom. The van der Waals surface area contributed by atoms with Crippen LogP contribution in [-0.4, -0.2) is 16.8 Å². The lowest BCUT2D eigenvalue weighted by Gasteiger charge is -2.37. The number of nitrogens with two attached hydrogens (primary N) is 1. The van der Waals surface area contributed by atoms with Gasteiger partial charge >= 0.3 is 12.2 Å². The Labute approximate surface area is 168 Å². The summed E-state index contributed by atoms with van der Waals surface area (Å²) >= 11 is 0. The minimum absolute atomic E-state index is 0.0557. The number of carbonyl (C=O) groups is 1. The largest absolute Gasteiger partial charge is 0.427 e. The van der Waals surface area contributed by atoms with Gasteiger partial charge in [0.05, 0.1) is 12.2 Å². The molecule has 2 aliphatic rings. The van der Waals surface area contributed by atoms with Crippen LogP contribution in [0.15, 0.2) is 35.3 Å². The zero-order chi connectivity index (χ0) is 21.7. The van der Waals surface area contributed by atoms with Gasteiger partial charge < -0.3 is 20.9 Å². The first-order valence-electron chi connectivity index (χ1n) is 9.07. The third kappa shape index (κ3) is 3.36. The predicted octanol–water partition coefficient (Wildman–Crippen LogP) is 2.92. The number of urea groups is 1. The summed E-state index contributed by atoms with van der Waals surface area (Å²) in [6.07, 6.45) is -2.25. The number of fused-ring (bicyclic) bond motifs is 1. The normalized spacial score (nSPS) is 20.5. The lowest BCUT2D eigenvalue weighted by Crippen LogP contribution is -2.59. The molecule has 6 nitrogen and oxygen atoms in total. The van der Waals surface area contributed by atoms with Gasteiger partial charge in [0.1, 0.15) is 5.82 Å². The van der Waals surface area contributed by atoms with Gasteiger partial charge in [0.25, 0.3) is 5.56 Å². The number of halogens is 4. The third-order valence-corrected chi connectivity index (χ3v) is 5.00. The van der Waals surface area contributed by atoms with E-state index in [1.165, 1.54) is 18.3 Å². The smallest absolute Gasteiger partial charge is 0.394 e. The second kappa shape index (κ2) is 6.79. The maximum atomic E-state index is 14.8. The van der Waals surface area contributed by atoms with Crippen molar-refractivity contribution in [1.29, 1.82) is 0 Å². The summed E-state index contributed by atoms with van der Waals surface area (Å²) in [5, 5.41) is 4.11. The van der Waals surface area contributed by atoms with Crippen molar-refractivity contribution in [3.05, 3.63) is 57.8 Å². The van der Waals surface area contributed by atoms with Crippen molar-refractivity contribution in [3.8, 4) is 11.8 Å². The first-order chi connectivity index (χ1) is 14.1. The number of carbonyl (C=O) groups excluding carboxylic acids is 1. The van der Waals surface area contributed by atoms with Crippen LogP contribution in [0.1, 0.15) is 24.0 Å². The van der Waals surface area contributed by atoms with Crippen molar-refractivity contribution in [2.45, 2.75) is 31.1 Å². The lowest BCUT2D eigenvalue weighted by atomic mass is 9.85. The van der Waals surface area contributed by atoms with Crippen LogP contribution in [-0.2, 0) is 12.1 Å². The van der Waals surface area contributed by atoms with E-state index >= 15 is 0 Å². The van der Waals surface area contributed by atoms with E-state index in [1.54, 1.807) is 0 Å². The molecule has 1 aliphatic heterocycles. The van der Waals surface area contributed by atoms with Crippen LogP contribution >= 0.6 is 0 Å². The number of hydrogen-bond acceptors (Lipinski definition) is 3. The Bertz CT molecular complexity index is 1160. The Morgan fingerprint density at radius 2 is 2.00 bits per heavy atom. The first kappa shape index (κ1) is 19.8. The van der Waals surface area contributed by atoms with Gasteiger partial charge in [0, 0.05) is 28.9 Å². The quantitative estimate of drug-likeness (QED) is 0.516. The number of rotatable bonds is 2. The molecule has 2 amide bonds. The summed E-state index contributed by atoms with van der Waals surface area (Å²) in [7, 11) is 0. The van der Waals surface area contributed by atoms with Crippen molar-refractivity contribution < 1.29 is 22.4 Å². The molecule has 4 rings (SSSR count).